The van der Waals surface area contributed by atoms with Crippen molar-refractivity contribution in [3.05, 3.63) is 0 Å². The van der Waals surface area contributed by atoms with Gasteiger partial charge in [-0.3, -0.25) is 19.2 Å². The molecular weight excluding hydrogens is 227 g/mol. The van der Waals surface area contributed by atoms with Crippen LogP contribution in [-0.4, -0.2) is 45.8 Å². The van der Waals surface area contributed by atoms with E-state index in [4.69, 9.17) is 5.11 Å². The lowest BCUT2D eigenvalue weighted by atomic mass is 9.76. The average Bonchev–Trinajstić information content (AvgIpc) is 2.02. The van der Waals surface area contributed by atoms with Crippen molar-refractivity contribution in [3.8, 4) is 0 Å². The molecule has 0 aliphatic rings. The van der Waals surface area contributed by atoms with Gasteiger partial charge in [-0.15, -0.1) is 0 Å². The number of carboxylic acids is 1. The summed E-state index contributed by atoms with van der Waals surface area (Å²) < 4.78 is 0. The lowest BCUT2D eigenvalue weighted by molar-refractivity contribution is -0.159. The molecule has 0 aromatic carbocycles. The van der Waals surface area contributed by atoms with Gasteiger partial charge in [0.15, 0.2) is 34.3 Å². The molecule has 0 aromatic rings. The van der Waals surface area contributed by atoms with E-state index in [9.17, 15) is 19.2 Å². The van der Waals surface area contributed by atoms with E-state index >= 15 is 0 Å². The van der Waals surface area contributed by atoms with Gasteiger partial charge in [-0.05, 0) is 20.3 Å². The van der Waals surface area contributed by atoms with Gasteiger partial charge < -0.3 is 5.11 Å². The van der Waals surface area contributed by atoms with Crippen molar-refractivity contribution in [2.75, 3.05) is 0 Å². The van der Waals surface area contributed by atoms with Crippen LogP contribution in [0.4, 0.5) is 0 Å². The van der Waals surface area contributed by atoms with Crippen LogP contribution in [0.2, 0.25) is 0 Å². The van der Waals surface area contributed by atoms with Crippen LogP contribution in [-0.2, 0) is 19.2 Å². The molecule has 0 fully saturated rings. The molecule has 0 spiro atoms. The first kappa shape index (κ1) is 17.4. The second-order valence-electron chi connectivity index (χ2n) is 3.42. The number of aliphatic carboxylic acids is 1. The highest BCUT2D eigenvalue weighted by molar-refractivity contribution is 6.24. The zero-order valence-electron chi connectivity index (χ0n) is 8.99. The topological polar surface area (TPSA) is 88.5 Å². The quantitative estimate of drug-likeness (QED) is 0.499. The van der Waals surface area contributed by atoms with Gasteiger partial charge in [0.2, 0.25) is 0 Å². The summed E-state index contributed by atoms with van der Waals surface area (Å²) >= 11 is 0. The van der Waals surface area contributed by atoms with Gasteiger partial charge in [0.05, 0.1) is 6.42 Å². The Morgan fingerprint density at radius 2 is 1.56 bits per heavy atom. The van der Waals surface area contributed by atoms with Crippen molar-refractivity contribution >= 4 is 40.7 Å². The molecule has 0 aromatic heterocycles. The van der Waals surface area contributed by atoms with Crippen LogP contribution in [0.1, 0.15) is 33.6 Å². The lowest BCUT2D eigenvalue weighted by Crippen LogP contribution is -2.45. The molecule has 0 saturated heterocycles. The molecule has 0 aliphatic carbocycles. The van der Waals surface area contributed by atoms with E-state index in [0.29, 0.717) is 0 Å². The zero-order chi connectivity index (χ0) is 12.2. The molecule has 16 heavy (non-hydrogen) atoms. The molecule has 5 nitrogen and oxygen atoms in total. The molecule has 0 bridgehead atoms. The Morgan fingerprint density at radius 1 is 1.12 bits per heavy atom. The molecule has 0 rings (SSSR count). The monoisotopic (exact) mass is 244 g/mol. The average molecular weight is 244 g/mol. The molecule has 1 N–H and O–H groups in total. The van der Waals surface area contributed by atoms with E-state index in [2.05, 4.69) is 0 Å². The van der Waals surface area contributed by atoms with Crippen LogP contribution in [0.25, 0.3) is 0 Å². The van der Waals surface area contributed by atoms with Gasteiger partial charge in [0.1, 0.15) is 5.78 Å². The van der Waals surface area contributed by atoms with Crippen molar-refractivity contribution in [1.82, 2.24) is 0 Å². The van der Waals surface area contributed by atoms with Crippen molar-refractivity contribution in [2.24, 2.45) is 5.41 Å². The second kappa shape index (κ2) is 6.56. The Hall–Kier alpha value is -0.988. The van der Waals surface area contributed by atoms with E-state index in [1.807, 2.05) is 0 Å². The number of ketones is 3. The fraction of sp³-hybridized carbons (Fsp3) is 0.600. The van der Waals surface area contributed by atoms with Gasteiger partial charge in [0.25, 0.3) is 0 Å². The van der Waals surface area contributed by atoms with E-state index < -0.39 is 35.2 Å². The Bertz CT molecular complexity index is 307. The fourth-order valence-corrected chi connectivity index (χ4v) is 1.44. The Morgan fingerprint density at radius 3 is 1.75 bits per heavy atom. The SMILES string of the molecule is CCC(C(C)=O)(C(=O)O)C(=O)CC(C)=O.[AlH3]. The highest BCUT2D eigenvalue weighted by Crippen LogP contribution is 2.26. The maximum atomic E-state index is 11.6. The highest BCUT2D eigenvalue weighted by atomic mass is 27.0. The van der Waals surface area contributed by atoms with Crippen LogP contribution >= 0.6 is 0 Å². The summed E-state index contributed by atoms with van der Waals surface area (Å²) in [5, 5.41) is 8.92. The number of hydrogen-bond acceptors (Lipinski definition) is 4. The molecule has 0 radical (unpaired) electrons. The van der Waals surface area contributed by atoms with E-state index in [0.717, 1.165) is 6.92 Å². The molecule has 1 atom stereocenters. The first-order valence-electron chi connectivity index (χ1n) is 4.56. The number of carbonyl (C=O) groups is 4. The van der Waals surface area contributed by atoms with Gasteiger partial charge in [-0.2, -0.15) is 0 Å². The summed E-state index contributed by atoms with van der Waals surface area (Å²) in [4.78, 5) is 44.5. The smallest absolute Gasteiger partial charge is 0.324 e. The molecular formula is C10H17AlO5. The summed E-state index contributed by atoms with van der Waals surface area (Å²) in [7, 11) is 0. The molecule has 6 heteroatoms. The number of hydrogen-bond donors (Lipinski definition) is 1. The first-order valence-corrected chi connectivity index (χ1v) is 4.56. The third-order valence-electron chi connectivity index (χ3n) is 2.38. The summed E-state index contributed by atoms with van der Waals surface area (Å²) in [5.41, 5.74) is -2.05. The third kappa shape index (κ3) is 3.26. The fourth-order valence-electron chi connectivity index (χ4n) is 1.44. The summed E-state index contributed by atoms with van der Waals surface area (Å²) in [6.45, 7) is 3.67. The molecule has 0 heterocycles. The van der Waals surface area contributed by atoms with Gasteiger partial charge >= 0.3 is 5.97 Å². The van der Waals surface area contributed by atoms with Crippen molar-refractivity contribution in [2.45, 2.75) is 33.6 Å². The van der Waals surface area contributed by atoms with Crippen LogP contribution in [0.3, 0.4) is 0 Å². The minimum Gasteiger partial charge on any atom is -0.480 e. The zero-order valence-corrected chi connectivity index (χ0v) is 8.99. The maximum Gasteiger partial charge on any atom is 0.324 e. The van der Waals surface area contributed by atoms with Crippen molar-refractivity contribution in [1.29, 1.82) is 0 Å². The third-order valence-corrected chi connectivity index (χ3v) is 2.38. The molecule has 0 aliphatic heterocycles. The predicted octanol–water partition coefficient (Wildman–Crippen LogP) is -0.579. The summed E-state index contributed by atoms with van der Waals surface area (Å²) in [6, 6.07) is 0. The summed E-state index contributed by atoms with van der Waals surface area (Å²) in [5.74, 6) is -3.50. The largest absolute Gasteiger partial charge is 0.480 e. The highest BCUT2D eigenvalue weighted by Gasteiger charge is 2.48. The molecule has 0 saturated carbocycles. The van der Waals surface area contributed by atoms with Crippen molar-refractivity contribution < 1.29 is 24.3 Å². The van der Waals surface area contributed by atoms with Gasteiger partial charge in [-0.25, -0.2) is 0 Å². The van der Waals surface area contributed by atoms with Crippen molar-refractivity contribution in [3.63, 3.8) is 0 Å². The van der Waals surface area contributed by atoms with E-state index in [-0.39, 0.29) is 23.8 Å². The molecule has 90 valence electrons. The van der Waals surface area contributed by atoms with Crippen LogP contribution in [0.15, 0.2) is 0 Å². The first-order chi connectivity index (χ1) is 6.78. The number of carbonyl (C=O) groups excluding carboxylic acids is 3. The van der Waals surface area contributed by atoms with Crippen LogP contribution < -0.4 is 0 Å². The minimum absolute atomic E-state index is 0. The normalized spacial score (nSPS) is 13.2. The van der Waals surface area contributed by atoms with E-state index in [1.54, 1.807) is 0 Å². The number of Topliss-reactive ketones (excluding diaryl/α,β-unsaturated/α-hetero) is 3. The van der Waals surface area contributed by atoms with Gasteiger partial charge in [0, 0.05) is 0 Å². The predicted molar refractivity (Wildman–Crippen MR) is 61.3 cm³/mol. The van der Waals surface area contributed by atoms with Crippen LogP contribution in [0.5, 0.6) is 0 Å². The number of rotatable bonds is 6. The van der Waals surface area contributed by atoms with Gasteiger partial charge in [-0.1, -0.05) is 6.92 Å². The minimum atomic E-state index is -2.05. The Balaban J connectivity index is 0. The molecule has 0 amide bonds. The Labute approximate surface area is 104 Å². The summed E-state index contributed by atoms with van der Waals surface area (Å²) in [6.07, 6.45) is -0.649. The second-order valence-corrected chi connectivity index (χ2v) is 3.42. The maximum absolute atomic E-state index is 11.6. The standard InChI is InChI=1S/C10H14O5.Al.3H/c1-4-10(7(3)12,9(14)15)8(13)5-6(2)11;;;;/h4-5H2,1-3H3,(H,14,15);;;;. The van der Waals surface area contributed by atoms with Crippen LogP contribution in [0, 0.1) is 5.41 Å². The van der Waals surface area contributed by atoms with E-state index in [1.165, 1.54) is 13.8 Å². The molecule has 1 unspecified atom stereocenters. The lowest BCUT2D eigenvalue weighted by Gasteiger charge is -2.22. The number of carboxylic acid groups (broad SMARTS) is 1. The Kier molecular flexibility index (Phi) is 7.14.